The molecule has 140 valence electrons. The highest BCUT2D eigenvalue weighted by atomic mass is 19.1. The third-order valence-corrected chi connectivity index (χ3v) is 5.20. The number of nitrogens with one attached hydrogen (secondary N) is 1. The SMILES string of the molecule is Cn1ncc2c1CCC[C@@H]2NCc1ccc(OCc2ccccc2F)cc1. The molecule has 0 saturated heterocycles. The molecule has 1 heterocycles. The van der Waals surface area contributed by atoms with Crippen molar-refractivity contribution in [3.8, 4) is 5.75 Å². The Kier molecular flexibility index (Phi) is 5.21. The summed E-state index contributed by atoms with van der Waals surface area (Å²) in [7, 11) is 2.02. The lowest BCUT2D eigenvalue weighted by atomic mass is 9.93. The van der Waals surface area contributed by atoms with E-state index >= 15 is 0 Å². The number of hydrogen-bond acceptors (Lipinski definition) is 3. The van der Waals surface area contributed by atoms with Crippen LogP contribution in [0.2, 0.25) is 0 Å². The summed E-state index contributed by atoms with van der Waals surface area (Å²) >= 11 is 0. The Bertz CT molecular complexity index is 904. The van der Waals surface area contributed by atoms with E-state index in [4.69, 9.17) is 4.74 Å². The maximum atomic E-state index is 13.6. The molecule has 1 aliphatic rings. The van der Waals surface area contributed by atoms with Gasteiger partial charge in [0, 0.05) is 36.5 Å². The maximum absolute atomic E-state index is 13.6. The first-order valence-corrected chi connectivity index (χ1v) is 9.40. The van der Waals surface area contributed by atoms with Crippen LogP contribution in [-0.2, 0) is 26.6 Å². The molecule has 0 amide bonds. The minimum Gasteiger partial charge on any atom is -0.489 e. The zero-order valence-electron chi connectivity index (χ0n) is 15.5. The van der Waals surface area contributed by atoms with Crippen LogP contribution in [0.5, 0.6) is 5.75 Å². The number of aryl methyl sites for hydroxylation is 1. The average molecular weight is 365 g/mol. The van der Waals surface area contributed by atoms with E-state index < -0.39 is 0 Å². The van der Waals surface area contributed by atoms with Crippen molar-refractivity contribution in [2.45, 2.75) is 38.5 Å². The first kappa shape index (κ1) is 17.7. The summed E-state index contributed by atoms with van der Waals surface area (Å²) in [6.07, 6.45) is 5.43. The second-order valence-electron chi connectivity index (χ2n) is 7.02. The lowest BCUT2D eigenvalue weighted by Gasteiger charge is -2.24. The highest BCUT2D eigenvalue weighted by Crippen LogP contribution is 2.29. The van der Waals surface area contributed by atoms with E-state index in [2.05, 4.69) is 22.5 Å². The summed E-state index contributed by atoms with van der Waals surface area (Å²) < 4.78 is 21.3. The Labute approximate surface area is 159 Å². The number of hydrogen-bond donors (Lipinski definition) is 1. The van der Waals surface area contributed by atoms with Crippen molar-refractivity contribution in [3.05, 3.63) is 82.9 Å². The molecular weight excluding hydrogens is 341 g/mol. The van der Waals surface area contributed by atoms with E-state index in [1.54, 1.807) is 12.1 Å². The van der Waals surface area contributed by atoms with E-state index in [9.17, 15) is 4.39 Å². The number of halogens is 1. The van der Waals surface area contributed by atoms with E-state index in [0.717, 1.165) is 25.1 Å². The van der Waals surface area contributed by atoms with Gasteiger partial charge in [-0.25, -0.2) is 4.39 Å². The van der Waals surface area contributed by atoms with Crippen LogP contribution in [0.3, 0.4) is 0 Å². The standard InChI is InChI=1S/C22H24FN3O/c1-26-22-8-4-7-21(19(22)14-25-26)24-13-16-9-11-18(12-10-16)27-15-17-5-2-3-6-20(17)23/h2-3,5-6,9-12,14,21,24H,4,7-8,13,15H2,1H3/t21-/m0/s1. The van der Waals surface area contributed by atoms with Gasteiger partial charge >= 0.3 is 0 Å². The predicted octanol–water partition coefficient (Wildman–Crippen LogP) is 4.31. The molecule has 1 aliphatic carbocycles. The predicted molar refractivity (Wildman–Crippen MR) is 103 cm³/mol. The molecule has 0 aliphatic heterocycles. The molecule has 4 rings (SSSR count). The molecule has 2 aromatic carbocycles. The minimum atomic E-state index is -0.236. The zero-order chi connectivity index (χ0) is 18.6. The third-order valence-electron chi connectivity index (χ3n) is 5.20. The fourth-order valence-corrected chi connectivity index (χ4v) is 3.64. The minimum absolute atomic E-state index is 0.232. The van der Waals surface area contributed by atoms with Gasteiger partial charge in [-0.2, -0.15) is 5.10 Å². The highest BCUT2D eigenvalue weighted by molar-refractivity contribution is 5.29. The van der Waals surface area contributed by atoms with Crippen LogP contribution in [0, 0.1) is 5.82 Å². The van der Waals surface area contributed by atoms with Crippen molar-refractivity contribution < 1.29 is 9.13 Å². The molecule has 0 fully saturated rings. The maximum Gasteiger partial charge on any atom is 0.129 e. The molecule has 0 bridgehead atoms. The van der Waals surface area contributed by atoms with E-state index in [0.29, 0.717) is 11.6 Å². The lowest BCUT2D eigenvalue weighted by molar-refractivity contribution is 0.299. The fraction of sp³-hybridized carbons (Fsp3) is 0.318. The number of aromatic nitrogens is 2. The molecule has 4 nitrogen and oxygen atoms in total. The highest BCUT2D eigenvalue weighted by Gasteiger charge is 2.22. The Morgan fingerprint density at radius 1 is 1.19 bits per heavy atom. The van der Waals surface area contributed by atoms with Crippen molar-refractivity contribution >= 4 is 0 Å². The molecule has 1 atom stereocenters. The molecule has 0 unspecified atom stereocenters. The van der Waals surface area contributed by atoms with Crippen molar-refractivity contribution in [1.29, 1.82) is 0 Å². The lowest BCUT2D eigenvalue weighted by Crippen LogP contribution is -2.24. The Morgan fingerprint density at radius 3 is 2.81 bits per heavy atom. The summed E-state index contributed by atoms with van der Waals surface area (Å²) in [5, 5.41) is 8.05. The van der Waals surface area contributed by atoms with Crippen LogP contribution < -0.4 is 10.1 Å². The van der Waals surface area contributed by atoms with Gasteiger partial charge in [0.25, 0.3) is 0 Å². The molecule has 0 spiro atoms. The zero-order valence-corrected chi connectivity index (χ0v) is 15.5. The second-order valence-corrected chi connectivity index (χ2v) is 7.02. The quantitative estimate of drug-likeness (QED) is 0.708. The number of rotatable bonds is 6. The van der Waals surface area contributed by atoms with Crippen LogP contribution >= 0.6 is 0 Å². The van der Waals surface area contributed by atoms with Gasteiger partial charge in [-0.3, -0.25) is 4.68 Å². The van der Waals surface area contributed by atoms with Gasteiger partial charge in [-0.1, -0.05) is 30.3 Å². The molecule has 1 aromatic heterocycles. The summed E-state index contributed by atoms with van der Waals surface area (Å²) in [4.78, 5) is 0. The van der Waals surface area contributed by atoms with Gasteiger partial charge in [0.1, 0.15) is 18.2 Å². The third kappa shape index (κ3) is 4.03. The summed E-state index contributed by atoms with van der Waals surface area (Å²) in [6.45, 7) is 1.03. The van der Waals surface area contributed by atoms with Crippen LogP contribution in [0.15, 0.2) is 54.7 Å². The summed E-state index contributed by atoms with van der Waals surface area (Å²) in [5.41, 5.74) is 4.43. The topological polar surface area (TPSA) is 39.1 Å². The first-order valence-electron chi connectivity index (χ1n) is 9.40. The van der Waals surface area contributed by atoms with Crippen LogP contribution in [0.1, 0.15) is 41.3 Å². The Morgan fingerprint density at radius 2 is 2.00 bits per heavy atom. The van der Waals surface area contributed by atoms with Crippen LogP contribution in [-0.4, -0.2) is 9.78 Å². The van der Waals surface area contributed by atoms with E-state index in [1.165, 1.54) is 29.3 Å². The van der Waals surface area contributed by atoms with Crippen molar-refractivity contribution in [3.63, 3.8) is 0 Å². The van der Waals surface area contributed by atoms with E-state index in [-0.39, 0.29) is 12.4 Å². The number of ether oxygens (including phenoxy) is 1. The molecule has 27 heavy (non-hydrogen) atoms. The number of fused-ring (bicyclic) bond motifs is 1. The average Bonchev–Trinajstić information content (AvgIpc) is 3.08. The first-order chi connectivity index (χ1) is 13.2. The Hall–Kier alpha value is -2.66. The molecule has 3 aromatic rings. The van der Waals surface area contributed by atoms with Crippen LogP contribution in [0.25, 0.3) is 0 Å². The van der Waals surface area contributed by atoms with Crippen LogP contribution in [0.4, 0.5) is 4.39 Å². The largest absolute Gasteiger partial charge is 0.489 e. The van der Waals surface area contributed by atoms with Gasteiger partial charge < -0.3 is 10.1 Å². The molecule has 5 heteroatoms. The monoisotopic (exact) mass is 365 g/mol. The van der Waals surface area contributed by atoms with Gasteiger partial charge in [0.15, 0.2) is 0 Å². The smallest absolute Gasteiger partial charge is 0.129 e. The second kappa shape index (κ2) is 7.92. The summed E-state index contributed by atoms with van der Waals surface area (Å²) in [6, 6.07) is 15.0. The van der Waals surface area contributed by atoms with Gasteiger partial charge in [-0.05, 0) is 43.0 Å². The molecule has 1 N–H and O–H groups in total. The van der Waals surface area contributed by atoms with Crippen molar-refractivity contribution in [2.24, 2.45) is 7.05 Å². The Balaban J connectivity index is 1.33. The molecule has 0 radical (unpaired) electrons. The summed E-state index contributed by atoms with van der Waals surface area (Å²) in [5.74, 6) is 0.509. The molecule has 0 saturated carbocycles. The molecular formula is C22H24FN3O. The number of benzene rings is 2. The van der Waals surface area contributed by atoms with Gasteiger partial charge in [0.2, 0.25) is 0 Å². The fourth-order valence-electron chi connectivity index (χ4n) is 3.64. The van der Waals surface area contributed by atoms with E-state index in [1.807, 2.05) is 36.1 Å². The van der Waals surface area contributed by atoms with Crippen molar-refractivity contribution in [1.82, 2.24) is 15.1 Å². The van der Waals surface area contributed by atoms with Gasteiger partial charge in [0.05, 0.1) is 6.20 Å². The normalized spacial score (nSPS) is 16.1. The van der Waals surface area contributed by atoms with Crippen molar-refractivity contribution in [2.75, 3.05) is 0 Å². The van der Waals surface area contributed by atoms with Gasteiger partial charge in [-0.15, -0.1) is 0 Å². The number of nitrogens with zero attached hydrogens (tertiary/aromatic N) is 2.